The largest absolute Gasteiger partial charge is 0.492 e. The SMILES string of the molecule is COc1c(-c2nc(N3CCCC3)n[nH]2)nn(-c2ccccc2Cl)c1-c1ccc(Cl)cc1. The van der Waals surface area contributed by atoms with Gasteiger partial charge in [0, 0.05) is 23.7 Å². The number of nitrogens with one attached hydrogen (secondary N) is 1. The summed E-state index contributed by atoms with van der Waals surface area (Å²) in [5.74, 6) is 1.79. The van der Waals surface area contributed by atoms with Gasteiger partial charge in [0.1, 0.15) is 5.69 Å². The Balaban J connectivity index is 1.70. The molecule has 1 N–H and O–H groups in total. The van der Waals surface area contributed by atoms with Crippen molar-refractivity contribution in [1.82, 2.24) is 25.0 Å². The maximum Gasteiger partial charge on any atom is 0.245 e. The van der Waals surface area contributed by atoms with Gasteiger partial charge in [0.2, 0.25) is 5.95 Å². The zero-order valence-corrected chi connectivity index (χ0v) is 18.4. The molecule has 4 aromatic rings. The minimum absolute atomic E-state index is 0.541. The van der Waals surface area contributed by atoms with Gasteiger partial charge in [-0.3, -0.25) is 5.10 Å². The molecule has 31 heavy (non-hydrogen) atoms. The van der Waals surface area contributed by atoms with Crippen LogP contribution in [0.4, 0.5) is 5.95 Å². The number of hydrogen-bond acceptors (Lipinski definition) is 5. The molecule has 1 fully saturated rings. The highest BCUT2D eigenvalue weighted by molar-refractivity contribution is 6.32. The van der Waals surface area contributed by atoms with Crippen molar-refractivity contribution < 1.29 is 4.74 Å². The Labute approximate surface area is 189 Å². The lowest BCUT2D eigenvalue weighted by Crippen LogP contribution is -2.18. The highest BCUT2D eigenvalue weighted by Gasteiger charge is 2.26. The zero-order valence-electron chi connectivity index (χ0n) is 16.8. The van der Waals surface area contributed by atoms with Crippen LogP contribution in [0.25, 0.3) is 28.5 Å². The molecule has 0 aliphatic carbocycles. The number of nitrogens with zero attached hydrogens (tertiary/aromatic N) is 5. The standard InChI is InChI=1S/C22H20Cl2N6O/c1-31-20-18(21-25-22(27-26-21)29-12-4-5-13-29)28-30(17-7-3-2-6-16(17)24)19(20)14-8-10-15(23)11-9-14/h2-3,6-11H,4-5,12-13H2,1H3,(H,25,26,27). The maximum atomic E-state index is 6.52. The van der Waals surface area contributed by atoms with Gasteiger partial charge in [-0.15, -0.1) is 5.10 Å². The first-order valence-electron chi connectivity index (χ1n) is 10.0. The second-order valence-corrected chi connectivity index (χ2v) is 8.12. The van der Waals surface area contributed by atoms with Crippen molar-refractivity contribution in [3.05, 3.63) is 58.6 Å². The fourth-order valence-electron chi connectivity index (χ4n) is 3.83. The Hall–Kier alpha value is -3.03. The van der Waals surface area contributed by atoms with Crippen LogP contribution in [0.15, 0.2) is 48.5 Å². The predicted octanol–water partition coefficient (Wildman–Crippen LogP) is 5.24. The lowest BCUT2D eigenvalue weighted by atomic mass is 10.1. The molecule has 9 heteroatoms. The van der Waals surface area contributed by atoms with E-state index in [4.69, 9.17) is 38.0 Å². The van der Waals surface area contributed by atoms with Crippen molar-refractivity contribution in [2.45, 2.75) is 12.8 Å². The van der Waals surface area contributed by atoms with E-state index in [0.717, 1.165) is 42.9 Å². The molecule has 1 aliphatic rings. The average Bonchev–Trinajstić information content (AvgIpc) is 3.53. The van der Waals surface area contributed by atoms with E-state index in [0.29, 0.717) is 33.3 Å². The number of aromatic nitrogens is 5. The summed E-state index contributed by atoms with van der Waals surface area (Å²) < 4.78 is 7.61. The second kappa shape index (κ2) is 8.24. The Bertz CT molecular complexity index is 1210. The topological polar surface area (TPSA) is 71.9 Å². The van der Waals surface area contributed by atoms with Gasteiger partial charge in [-0.1, -0.05) is 47.5 Å². The van der Waals surface area contributed by atoms with Crippen molar-refractivity contribution in [3.63, 3.8) is 0 Å². The molecular weight excluding hydrogens is 435 g/mol. The molecular formula is C22H20Cl2N6O. The smallest absolute Gasteiger partial charge is 0.245 e. The van der Waals surface area contributed by atoms with Gasteiger partial charge < -0.3 is 9.64 Å². The van der Waals surface area contributed by atoms with Gasteiger partial charge >= 0.3 is 0 Å². The van der Waals surface area contributed by atoms with E-state index >= 15 is 0 Å². The number of halogens is 2. The van der Waals surface area contributed by atoms with Crippen LogP contribution in [0.2, 0.25) is 10.0 Å². The minimum atomic E-state index is 0.541. The van der Waals surface area contributed by atoms with E-state index in [1.165, 1.54) is 0 Å². The van der Waals surface area contributed by atoms with Gasteiger partial charge in [-0.05, 0) is 37.1 Å². The van der Waals surface area contributed by atoms with Crippen LogP contribution in [-0.4, -0.2) is 45.2 Å². The van der Waals surface area contributed by atoms with Gasteiger partial charge in [0.25, 0.3) is 0 Å². The van der Waals surface area contributed by atoms with Crippen molar-refractivity contribution in [2.24, 2.45) is 0 Å². The lowest BCUT2D eigenvalue weighted by molar-refractivity contribution is 0.417. The molecule has 0 atom stereocenters. The van der Waals surface area contributed by atoms with Gasteiger partial charge in [-0.2, -0.15) is 10.1 Å². The molecule has 7 nitrogen and oxygen atoms in total. The van der Waals surface area contributed by atoms with Crippen molar-refractivity contribution in [1.29, 1.82) is 0 Å². The predicted molar refractivity (Wildman–Crippen MR) is 122 cm³/mol. The number of para-hydroxylation sites is 1. The van der Waals surface area contributed by atoms with Gasteiger partial charge in [0.15, 0.2) is 17.3 Å². The van der Waals surface area contributed by atoms with Gasteiger partial charge in [-0.25, -0.2) is 4.68 Å². The first-order valence-corrected chi connectivity index (χ1v) is 10.8. The van der Waals surface area contributed by atoms with Crippen LogP contribution < -0.4 is 9.64 Å². The van der Waals surface area contributed by atoms with E-state index in [1.807, 2.05) is 48.5 Å². The first kappa shape index (κ1) is 19.9. The van der Waals surface area contributed by atoms with Crippen molar-refractivity contribution >= 4 is 29.2 Å². The number of aromatic amines is 1. The number of hydrogen-bond donors (Lipinski definition) is 1. The molecule has 0 spiro atoms. The van der Waals surface area contributed by atoms with Crippen LogP contribution in [-0.2, 0) is 0 Å². The number of H-pyrrole nitrogens is 1. The number of anilines is 1. The molecule has 0 unspecified atom stereocenters. The summed E-state index contributed by atoms with van der Waals surface area (Å²) in [6.07, 6.45) is 2.30. The third kappa shape index (κ3) is 3.64. The van der Waals surface area contributed by atoms with Crippen LogP contribution in [0, 0.1) is 0 Å². The number of ether oxygens (including phenoxy) is 1. The molecule has 1 saturated heterocycles. The van der Waals surface area contributed by atoms with E-state index in [-0.39, 0.29) is 0 Å². The zero-order chi connectivity index (χ0) is 21.4. The molecule has 0 bridgehead atoms. The van der Waals surface area contributed by atoms with E-state index in [9.17, 15) is 0 Å². The highest BCUT2D eigenvalue weighted by Crippen LogP contribution is 2.41. The second-order valence-electron chi connectivity index (χ2n) is 7.28. The number of benzene rings is 2. The summed E-state index contributed by atoms with van der Waals surface area (Å²) in [5.41, 5.74) is 2.93. The van der Waals surface area contributed by atoms with Crippen molar-refractivity contribution in [3.8, 4) is 34.2 Å². The number of rotatable bonds is 5. The van der Waals surface area contributed by atoms with Crippen LogP contribution >= 0.6 is 23.2 Å². The normalized spacial score (nSPS) is 13.7. The van der Waals surface area contributed by atoms with E-state index in [2.05, 4.69) is 15.1 Å². The molecule has 3 heterocycles. The van der Waals surface area contributed by atoms with Crippen molar-refractivity contribution in [2.75, 3.05) is 25.1 Å². The Kier molecular flexibility index (Phi) is 5.29. The summed E-state index contributed by atoms with van der Waals surface area (Å²) in [7, 11) is 1.62. The van der Waals surface area contributed by atoms with Crippen LogP contribution in [0.5, 0.6) is 5.75 Å². The summed E-state index contributed by atoms with van der Waals surface area (Å²) in [6, 6.07) is 15.1. The molecule has 0 amide bonds. The first-order chi connectivity index (χ1) is 15.2. The van der Waals surface area contributed by atoms with E-state index in [1.54, 1.807) is 11.8 Å². The molecule has 0 radical (unpaired) electrons. The molecule has 2 aromatic carbocycles. The lowest BCUT2D eigenvalue weighted by Gasteiger charge is -2.11. The average molecular weight is 455 g/mol. The third-order valence-electron chi connectivity index (χ3n) is 5.33. The fourth-order valence-corrected chi connectivity index (χ4v) is 4.17. The molecule has 2 aromatic heterocycles. The molecule has 0 saturated carbocycles. The molecule has 5 rings (SSSR count). The van der Waals surface area contributed by atoms with E-state index < -0.39 is 0 Å². The summed E-state index contributed by atoms with van der Waals surface area (Å²) in [6.45, 7) is 1.91. The Morgan fingerprint density at radius 1 is 1.00 bits per heavy atom. The van der Waals surface area contributed by atoms with Crippen LogP contribution in [0.1, 0.15) is 12.8 Å². The highest BCUT2D eigenvalue weighted by atomic mass is 35.5. The monoisotopic (exact) mass is 454 g/mol. The fraction of sp³-hybridized carbons (Fsp3) is 0.227. The summed E-state index contributed by atoms with van der Waals surface area (Å²) in [4.78, 5) is 6.86. The van der Waals surface area contributed by atoms with Crippen LogP contribution in [0.3, 0.4) is 0 Å². The summed E-state index contributed by atoms with van der Waals surface area (Å²) >= 11 is 12.6. The Morgan fingerprint density at radius 2 is 1.74 bits per heavy atom. The third-order valence-corrected chi connectivity index (χ3v) is 5.90. The quantitative estimate of drug-likeness (QED) is 0.446. The Morgan fingerprint density at radius 3 is 2.45 bits per heavy atom. The molecule has 158 valence electrons. The molecule has 1 aliphatic heterocycles. The number of methoxy groups -OCH3 is 1. The summed E-state index contributed by atoms with van der Waals surface area (Å²) in [5, 5.41) is 13.5. The maximum absolute atomic E-state index is 6.52. The van der Waals surface area contributed by atoms with Gasteiger partial charge in [0.05, 0.1) is 17.8 Å². The minimum Gasteiger partial charge on any atom is -0.492 e.